The Morgan fingerprint density at radius 1 is 1.32 bits per heavy atom. The number of fused-ring (bicyclic) bond motifs is 1. The number of aliphatic hydroxyl groups excluding tert-OH is 1. The van der Waals surface area contributed by atoms with E-state index in [0.717, 1.165) is 41.2 Å². The Kier molecular flexibility index (Phi) is 6.61. The lowest BCUT2D eigenvalue weighted by molar-refractivity contribution is -0.150. The molecule has 5 heterocycles. The number of aliphatic carboxylic acids is 1. The molecule has 4 aliphatic heterocycles. The van der Waals surface area contributed by atoms with E-state index in [9.17, 15) is 34.6 Å². The summed E-state index contributed by atoms with van der Waals surface area (Å²) >= 11 is 1.62. The molecule has 7 N–H and O–H groups in total. The van der Waals surface area contributed by atoms with Crippen molar-refractivity contribution >= 4 is 57.8 Å². The van der Waals surface area contributed by atoms with Crippen LogP contribution in [0.3, 0.4) is 0 Å². The minimum absolute atomic E-state index is 0.0301. The number of hydrogen-bond donors (Lipinski definition) is 6. The molecule has 0 aromatic carbocycles. The number of thioether (sulfide) groups is 1. The number of carbonyl (C=O) groups excluding carboxylic acids is 3. The standard InChI is InChI=1S/C20H22N8O7S2/c21-20-24-13(26-37-20)10(25-35)14(29)23-11-16(31)28-12(18(32)33)9(19(34)36-17(11)28)5-7-2-4-27(15(7)30)8-1-3-22-6-8/h5,8,11,17,19,22,34-35H,1-4,6H2,(H,23,29)(H,32,33)(H2,21,24,26)/b7-5+,25-10-/t8-,11-,17-,19?/m1/s1. The molecular formula is C20H22N8O7S2. The van der Waals surface area contributed by atoms with E-state index >= 15 is 0 Å². The van der Waals surface area contributed by atoms with Gasteiger partial charge >= 0.3 is 5.97 Å². The van der Waals surface area contributed by atoms with Crippen LogP contribution in [0.1, 0.15) is 18.7 Å². The zero-order valence-corrected chi connectivity index (χ0v) is 20.7. The number of oxime groups is 1. The van der Waals surface area contributed by atoms with E-state index in [1.54, 1.807) is 4.90 Å². The second kappa shape index (κ2) is 9.73. The van der Waals surface area contributed by atoms with Gasteiger partial charge in [0.15, 0.2) is 5.13 Å². The number of anilines is 1. The van der Waals surface area contributed by atoms with Crippen LogP contribution >= 0.6 is 23.3 Å². The zero-order valence-electron chi connectivity index (χ0n) is 19.0. The molecule has 4 atom stereocenters. The summed E-state index contributed by atoms with van der Waals surface area (Å²) < 4.78 is 3.79. The molecular weight excluding hydrogens is 528 g/mol. The number of nitrogens with two attached hydrogens (primary N) is 1. The van der Waals surface area contributed by atoms with E-state index in [-0.39, 0.29) is 28.5 Å². The summed E-state index contributed by atoms with van der Waals surface area (Å²) in [5.74, 6) is -3.66. The van der Waals surface area contributed by atoms with E-state index in [0.29, 0.717) is 25.1 Å². The van der Waals surface area contributed by atoms with Gasteiger partial charge in [0.05, 0.1) is 0 Å². The Morgan fingerprint density at radius 2 is 2.11 bits per heavy atom. The second-order valence-corrected chi connectivity index (χ2v) is 10.6. The lowest BCUT2D eigenvalue weighted by Crippen LogP contribution is -2.71. The topological polar surface area (TPSA) is 224 Å². The maximum atomic E-state index is 13.0. The number of rotatable bonds is 6. The molecule has 0 radical (unpaired) electrons. The summed E-state index contributed by atoms with van der Waals surface area (Å²) in [6, 6.07) is -1.16. The predicted octanol–water partition coefficient (Wildman–Crippen LogP) is -2.12. The van der Waals surface area contributed by atoms with E-state index in [1.807, 2.05) is 0 Å². The number of nitrogen functional groups attached to an aromatic ring is 1. The molecule has 17 heteroatoms. The molecule has 0 aliphatic carbocycles. The highest BCUT2D eigenvalue weighted by molar-refractivity contribution is 8.00. The van der Waals surface area contributed by atoms with Gasteiger partial charge in [0.25, 0.3) is 11.8 Å². The molecule has 5 rings (SSSR count). The maximum Gasteiger partial charge on any atom is 0.353 e. The first-order chi connectivity index (χ1) is 17.7. The van der Waals surface area contributed by atoms with Crippen LogP contribution in [-0.2, 0) is 19.2 Å². The summed E-state index contributed by atoms with van der Waals surface area (Å²) in [6.45, 7) is 1.99. The molecule has 3 fully saturated rings. The number of carboxylic acid groups (broad SMARTS) is 1. The number of nitrogens with one attached hydrogen (secondary N) is 2. The van der Waals surface area contributed by atoms with Gasteiger partial charge in [-0.25, -0.2) is 4.79 Å². The highest BCUT2D eigenvalue weighted by Crippen LogP contribution is 2.44. The lowest BCUT2D eigenvalue weighted by Gasteiger charge is -2.50. The normalized spacial score (nSPS) is 29.1. The Bertz CT molecular complexity index is 1270. The number of likely N-dealkylation sites (tertiary alicyclic amines) is 1. The number of aliphatic hydroxyl groups is 1. The average molecular weight is 551 g/mol. The van der Waals surface area contributed by atoms with Gasteiger partial charge in [-0.05, 0) is 25.5 Å². The molecule has 4 aliphatic rings. The van der Waals surface area contributed by atoms with Crippen molar-refractivity contribution in [3.05, 3.63) is 28.7 Å². The molecule has 0 bridgehead atoms. The monoisotopic (exact) mass is 550 g/mol. The van der Waals surface area contributed by atoms with Crippen LogP contribution in [-0.4, -0.2) is 107 Å². The fourth-order valence-corrected chi connectivity index (χ4v) is 6.44. The summed E-state index contributed by atoms with van der Waals surface area (Å²) in [6.07, 6.45) is 2.57. The number of aromatic nitrogens is 2. The number of β-lactam (4-membered cyclic amide) rings is 1. The smallest absolute Gasteiger partial charge is 0.353 e. The van der Waals surface area contributed by atoms with Crippen LogP contribution in [0, 0.1) is 0 Å². The molecule has 15 nitrogen and oxygen atoms in total. The molecule has 0 saturated carbocycles. The minimum Gasteiger partial charge on any atom is -0.477 e. The molecule has 0 spiro atoms. The molecule has 1 aromatic heterocycles. The molecule has 1 unspecified atom stereocenters. The van der Waals surface area contributed by atoms with Gasteiger partial charge < -0.3 is 36.7 Å². The van der Waals surface area contributed by atoms with Crippen molar-refractivity contribution in [3.63, 3.8) is 0 Å². The predicted molar refractivity (Wildman–Crippen MR) is 129 cm³/mol. The van der Waals surface area contributed by atoms with Crippen molar-refractivity contribution in [2.45, 2.75) is 35.7 Å². The van der Waals surface area contributed by atoms with Crippen molar-refractivity contribution in [3.8, 4) is 0 Å². The van der Waals surface area contributed by atoms with Crippen LogP contribution in [0.4, 0.5) is 5.13 Å². The highest BCUT2D eigenvalue weighted by Gasteiger charge is 2.56. The van der Waals surface area contributed by atoms with E-state index < -0.39 is 46.0 Å². The van der Waals surface area contributed by atoms with Crippen molar-refractivity contribution in [2.75, 3.05) is 25.4 Å². The number of carbonyl (C=O) groups is 4. The third kappa shape index (κ3) is 4.32. The van der Waals surface area contributed by atoms with E-state index in [4.69, 9.17) is 5.73 Å². The summed E-state index contributed by atoms with van der Waals surface area (Å²) in [4.78, 5) is 57.2. The summed E-state index contributed by atoms with van der Waals surface area (Å²) in [5.41, 5.74) is 3.36. The quantitative estimate of drug-likeness (QED) is 0.0735. The first kappa shape index (κ1) is 25.1. The molecule has 1 aromatic rings. The first-order valence-electron chi connectivity index (χ1n) is 11.2. The molecule has 3 amide bonds. The third-order valence-electron chi connectivity index (χ3n) is 6.51. The fourth-order valence-electron chi connectivity index (χ4n) is 4.74. The Labute approximate surface area is 217 Å². The van der Waals surface area contributed by atoms with Crippen molar-refractivity contribution < 1.29 is 34.6 Å². The first-order valence-corrected chi connectivity index (χ1v) is 12.9. The molecule has 3 saturated heterocycles. The Hall–Kier alpha value is -3.54. The van der Waals surface area contributed by atoms with Crippen LogP contribution < -0.4 is 16.4 Å². The van der Waals surface area contributed by atoms with Gasteiger partial charge in [0, 0.05) is 41.8 Å². The van der Waals surface area contributed by atoms with Crippen LogP contribution in [0.15, 0.2) is 28.1 Å². The van der Waals surface area contributed by atoms with E-state index in [1.165, 1.54) is 6.08 Å². The average Bonchev–Trinajstić information content (AvgIpc) is 3.61. The number of hydrogen-bond acceptors (Lipinski definition) is 13. The van der Waals surface area contributed by atoms with Gasteiger partial charge in [0.2, 0.25) is 17.4 Å². The van der Waals surface area contributed by atoms with Gasteiger partial charge in [-0.3, -0.25) is 19.3 Å². The van der Waals surface area contributed by atoms with Gasteiger partial charge in [-0.1, -0.05) is 16.9 Å². The van der Waals surface area contributed by atoms with Crippen LogP contribution in [0.25, 0.3) is 0 Å². The van der Waals surface area contributed by atoms with Crippen molar-refractivity contribution in [1.29, 1.82) is 0 Å². The summed E-state index contributed by atoms with van der Waals surface area (Å²) in [5, 5.41) is 37.5. The van der Waals surface area contributed by atoms with Crippen molar-refractivity contribution in [1.82, 2.24) is 29.8 Å². The number of nitrogens with zero attached hydrogens (tertiary/aromatic N) is 5. The molecule has 196 valence electrons. The second-order valence-electron chi connectivity index (χ2n) is 8.62. The minimum atomic E-state index is -1.46. The number of amides is 3. The lowest BCUT2D eigenvalue weighted by atomic mass is 10.0. The van der Waals surface area contributed by atoms with Crippen LogP contribution in [0.5, 0.6) is 0 Å². The highest BCUT2D eigenvalue weighted by atomic mass is 32.2. The third-order valence-corrected chi connectivity index (χ3v) is 8.33. The summed E-state index contributed by atoms with van der Waals surface area (Å²) in [7, 11) is 0. The molecule has 37 heavy (non-hydrogen) atoms. The van der Waals surface area contributed by atoms with Gasteiger partial charge in [-0.2, -0.15) is 9.36 Å². The van der Waals surface area contributed by atoms with Gasteiger partial charge in [-0.15, -0.1) is 0 Å². The Morgan fingerprint density at radius 3 is 2.73 bits per heavy atom. The zero-order chi connectivity index (χ0) is 26.4. The SMILES string of the molecule is Nc1nc(/C(=N/O)C(=O)N[C@@H]2C(=O)N3C(C(=O)O)=C(/C=C4\CCN([C@@H]5CCNC5)C4=O)C(O)S[C@H]23)ns1. The van der Waals surface area contributed by atoms with Crippen LogP contribution in [0.2, 0.25) is 0 Å². The van der Waals surface area contributed by atoms with Gasteiger partial charge in [0.1, 0.15) is 22.5 Å². The Balaban J connectivity index is 1.37. The fraction of sp³-hybridized carbons (Fsp3) is 0.450. The maximum absolute atomic E-state index is 13.0. The van der Waals surface area contributed by atoms with Crippen molar-refractivity contribution in [2.24, 2.45) is 5.16 Å². The van der Waals surface area contributed by atoms with E-state index in [2.05, 4.69) is 25.1 Å². The number of carboxylic acids is 1. The largest absolute Gasteiger partial charge is 0.477 e.